The molecule has 4 aromatic rings. The Morgan fingerprint density at radius 3 is 2.37 bits per heavy atom. The lowest BCUT2D eigenvalue weighted by Crippen LogP contribution is -2.13. The van der Waals surface area contributed by atoms with Crippen molar-refractivity contribution in [1.29, 1.82) is 0 Å². The van der Waals surface area contributed by atoms with Gasteiger partial charge in [0.2, 0.25) is 11.7 Å². The molecular formula is C23H16FN5O5S. The molecule has 0 fully saturated rings. The van der Waals surface area contributed by atoms with Crippen LogP contribution in [0, 0.1) is 15.9 Å². The van der Waals surface area contributed by atoms with E-state index < -0.39 is 16.5 Å². The Kier molecular flexibility index (Phi) is 7.12. The number of hydrazone groups is 1. The van der Waals surface area contributed by atoms with Crippen LogP contribution < -0.4 is 10.2 Å². The number of Topliss-reactive ketones (excluding diaryl/α,β-unsaturated/α-hetero) is 1. The fourth-order valence-electron chi connectivity index (χ4n) is 2.80. The number of nitro groups is 1. The van der Waals surface area contributed by atoms with Crippen molar-refractivity contribution in [3.05, 3.63) is 94.3 Å². The minimum atomic E-state index is -0.518. The average Bonchev–Trinajstić information content (AvgIpc) is 3.35. The maximum absolute atomic E-state index is 13.2. The van der Waals surface area contributed by atoms with E-state index in [1.165, 1.54) is 55.6 Å². The number of anilines is 1. The topological polar surface area (TPSA) is 133 Å². The van der Waals surface area contributed by atoms with Crippen molar-refractivity contribution in [1.82, 2.24) is 10.2 Å². The van der Waals surface area contributed by atoms with E-state index in [1.807, 2.05) is 0 Å². The maximum atomic E-state index is 13.2. The fraction of sp³-hybridized carbons (Fsp3) is 0.0435. The van der Waals surface area contributed by atoms with Crippen LogP contribution in [-0.4, -0.2) is 33.1 Å². The lowest BCUT2D eigenvalue weighted by molar-refractivity contribution is -0.384. The van der Waals surface area contributed by atoms with Crippen LogP contribution in [-0.2, 0) is 0 Å². The number of methoxy groups -OCH3 is 1. The molecule has 0 aliphatic heterocycles. The van der Waals surface area contributed by atoms with Gasteiger partial charge in [0.25, 0.3) is 10.9 Å². The highest BCUT2D eigenvalue weighted by Crippen LogP contribution is 2.26. The Morgan fingerprint density at radius 2 is 1.74 bits per heavy atom. The molecule has 4 rings (SSSR count). The van der Waals surface area contributed by atoms with Crippen molar-refractivity contribution in [3.8, 4) is 17.2 Å². The van der Waals surface area contributed by atoms with Crippen molar-refractivity contribution < 1.29 is 23.3 Å². The smallest absolute Gasteiger partial charge is 0.283 e. The molecule has 1 N–H and O–H groups in total. The third kappa shape index (κ3) is 5.86. The Hall–Kier alpha value is -4.58. The molecule has 0 bridgehead atoms. The van der Waals surface area contributed by atoms with Gasteiger partial charge in [-0.25, -0.2) is 4.39 Å². The van der Waals surface area contributed by atoms with E-state index in [0.29, 0.717) is 22.6 Å². The van der Waals surface area contributed by atoms with Gasteiger partial charge in [-0.1, -0.05) is 0 Å². The summed E-state index contributed by atoms with van der Waals surface area (Å²) in [5.74, 6) is -0.113. The first kappa shape index (κ1) is 23.6. The zero-order valence-corrected chi connectivity index (χ0v) is 18.9. The van der Waals surface area contributed by atoms with E-state index in [0.717, 1.165) is 11.8 Å². The second-order valence-corrected chi connectivity index (χ2v) is 7.81. The van der Waals surface area contributed by atoms with Crippen LogP contribution in [0.25, 0.3) is 11.5 Å². The number of nitrogens with zero attached hydrogens (tertiary/aromatic N) is 4. The van der Waals surface area contributed by atoms with Gasteiger partial charge in [0.15, 0.2) is 5.04 Å². The van der Waals surface area contributed by atoms with E-state index in [1.54, 1.807) is 24.3 Å². The van der Waals surface area contributed by atoms with Crippen molar-refractivity contribution in [3.63, 3.8) is 0 Å². The highest BCUT2D eigenvalue weighted by molar-refractivity contribution is 8.15. The molecule has 0 unspecified atom stereocenters. The van der Waals surface area contributed by atoms with Crippen LogP contribution in [0.2, 0.25) is 0 Å². The van der Waals surface area contributed by atoms with Gasteiger partial charge in [0.05, 0.1) is 17.7 Å². The first-order chi connectivity index (χ1) is 16.9. The highest BCUT2D eigenvalue weighted by atomic mass is 32.2. The van der Waals surface area contributed by atoms with Crippen LogP contribution in [0.4, 0.5) is 15.8 Å². The molecule has 0 aliphatic rings. The Labute approximate surface area is 202 Å². The van der Waals surface area contributed by atoms with Gasteiger partial charge in [-0.05, 0) is 72.4 Å². The van der Waals surface area contributed by atoms with Crippen molar-refractivity contribution in [2.75, 3.05) is 12.5 Å². The number of hydrogen-bond acceptors (Lipinski definition) is 10. The van der Waals surface area contributed by atoms with Gasteiger partial charge >= 0.3 is 0 Å². The molecule has 0 aliphatic carbocycles. The minimum Gasteiger partial charge on any atom is -0.497 e. The second kappa shape index (κ2) is 10.6. The molecule has 0 radical (unpaired) electrons. The first-order valence-corrected chi connectivity index (χ1v) is 10.8. The molecule has 3 aromatic carbocycles. The molecule has 0 saturated carbocycles. The van der Waals surface area contributed by atoms with Crippen molar-refractivity contribution in [2.24, 2.45) is 5.10 Å². The van der Waals surface area contributed by atoms with E-state index >= 15 is 0 Å². The van der Waals surface area contributed by atoms with Gasteiger partial charge in [0, 0.05) is 23.3 Å². The monoisotopic (exact) mass is 493 g/mol. The molecule has 10 nitrogen and oxygen atoms in total. The number of rotatable bonds is 8. The molecule has 0 atom stereocenters. The van der Waals surface area contributed by atoms with Crippen molar-refractivity contribution in [2.45, 2.75) is 5.22 Å². The number of non-ortho nitro benzene ring substituents is 1. The van der Waals surface area contributed by atoms with Gasteiger partial charge in [-0.2, -0.15) is 5.10 Å². The quantitative estimate of drug-likeness (QED) is 0.0878. The zero-order chi connectivity index (χ0) is 24.8. The van der Waals surface area contributed by atoms with E-state index in [2.05, 4.69) is 20.7 Å². The molecular weight excluding hydrogens is 477 g/mol. The molecule has 35 heavy (non-hydrogen) atoms. The standard InChI is InChI=1S/C23H16FN5O5S/c1-33-19-12-4-14(5-13-19)20(30)22(27-25-17-8-10-18(11-9-17)29(31)32)35-23-28-26-21(34-23)15-2-6-16(24)7-3-15/h2-13,25H,1H3. The van der Waals surface area contributed by atoms with Gasteiger partial charge in [-0.3, -0.25) is 20.3 Å². The number of hydrogen-bond donors (Lipinski definition) is 1. The summed E-state index contributed by atoms with van der Waals surface area (Å²) in [4.78, 5) is 23.5. The van der Waals surface area contributed by atoms with Crippen LogP contribution >= 0.6 is 11.8 Å². The first-order valence-electron chi connectivity index (χ1n) is 9.97. The largest absolute Gasteiger partial charge is 0.497 e. The van der Waals surface area contributed by atoms with Crippen LogP contribution in [0.15, 0.2) is 87.5 Å². The number of aromatic nitrogens is 2. The molecule has 0 amide bonds. The summed E-state index contributed by atoms with van der Waals surface area (Å²) in [6, 6.07) is 17.5. The average molecular weight is 493 g/mol. The second-order valence-electron chi connectivity index (χ2n) is 6.87. The minimum absolute atomic E-state index is 0.0252. The number of halogens is 1. The lowest BCUT2D eigenvalue weighted by Gasteiger charge is -2.06. The molecule has 1 aromatic heterocycles. The number of carbonyl (C=O) groups excluding carboxylic acids is 1. The number of nitrogens with one attached hydrogen (secondary N) is 1. The summed E-state index contributed by atoms with van der Waals surface area (Å²) in [6.45, 7) is 0. The molecule has 176 valence electrons. The summed E-state index contributed by atoms with van der Waals surface area (Å²) in [5.41, 5.74) is 3.90. The summed E-state index contributed by atoms with van der Waals surface area (Å²) >= 11 is 0.832. The molecule has 12 heteroatoms. The van der Waals surface area contributed by atoms with Crippen LogP contribution in [0.5, 0.6) is 5.75 Å². The molecule has 0 saturated heterocycles. The predicted molar refractivity (Wildman–Crippen MR) is 127 cm³/mol. The lowest BCUT2D eigenvalue weighted by atomic mass is 10.1. The fourth-order valence-corrected chi connectivity index (χ4v) is 3.47. The number of ketones is 1. The number of thioether (sulfide) groups is 1. The SMILES string of the molecule is COc1ccc(C(=O)C(=NNc2ccc([N+](=O)[O-])cc2)Sc2nnc(-c3ccc(F)cc3)o2)cc1. The molecule has 1 heterocycles. The highest BCUT2D eigenvalue weighted by Gasteiger charge is 2.20. The predicted octanol–water partition coefficient (Wildman–Crippen LogP) is 5.19. The van der Waals surface area contributed by atoms with Gasteiger partial charge < -0.3 is 9.15 Å². The van der Waals surface area contributed by atoms with Gasteiger partial charge in [-0.15, -0.1) is 10.2 Å². The third-order valence-electron chi connectivity index (χ3n) is 4.59. The Bertz CT molecular complexity index is 1370. The Balaban J connectivity index is 1.60. The normalized spacial score (nSPS) is 11.2. The van der Waals surface area contributed by atoms with E-state index in [4.69, 9.17) is 9.15 Å². The number of benzene rings is 3. The van der Waals surface area contributed by atoms with Crippen LogP contribution in [0.1, 0.15) is 10.4 Å². The van der Waals surface area contributed by atoms with Gasteiger partial charge in [0.1, 0.15) is 11.6 Å². The van der Waals surface area contributed by atoms with E-state index in [9.17, 15) is 19.3 Å². The summed E-state index contributed by atoms with van der Waals surface area (Å²) < 4.78 is 23.9. The van der Waals surface area contributed by atoms with Crippen molar-refractivity contribution >= 4 is 34.0 Å². The zero-order valence-electron chi connectivity index (χ0n) is 18.0. The number of carbonyl (C=O) groups is 1. The summed E-state index contributed by atoms with van der Waals surface area (Å²) in [7, 11) is 1.52. The number of ether oxygens (including phenoxy) is 1. The van der Waals surface area contributed by atoms with E-state index in [-0.39, 0.29) is 21.8 Å². The number of nitro benzene ring substituents is 1. The van der Waals surface area contributed by atoms with Crippen LogP contribution in [0.3, 0.4) is 0 Å². The summed E-state index contributed by atoms with van der Waals surface area (Å²) in [6.07, 6.45) is 0. The molecule has 0 spiro atoms. The summed E-state index contributed by atoms with van der Waals surface area (Å²) in [5, 5.41) is 22.9. The Morgan fingerprint density at radius 1 is 1.06 bits per heavy atom. The maximum Gasteiger partial charge on any atom is 0.283 e. The third-order valence-corrected chi connectivity index (χ3v) is 5.40.